The summed E-state index contributed by atoms with van der Waals surface area (Å²) < 4.78 is 15.5. The highest BCUT2D eigenvalue weighted by Crippen LogP contribution is 2.38. The van der Waals surface area contributed by atoms with Crippen molar-refractivity contribution in [3.63, 3.8) is 0 Å². The number of benzene rings is 1. The summed E-state index contributed by atoms with van der Waals surface area (Å²) >= 11 is 4.05. The maximum absolute atomic E-state index is 12.2. The van der Waals surface area contributed by atoms with E-state index in [1.165, 1.54) is 33.5 Å². The predicted octanol–water partition coefficient (Wildman–Crippen LogP) is 1.33. The molecule has 1 unspecified atom stereocenters. The van der Waals surface area contributed by atoms with Gasteiger partial charge in [0.15, 0.2) is 11.5 Å². The number of hydrogen-bond donors (Lipinski definition) is 2. The molecule has 0 aliphatic heterocycles. The second-order valence-electron chi connectivity index (χ2n) is 4.14. The van der Waals surface area contributed by atoms with E-state index in [4.69, 9.17) is 14.2 Å². The van der Waals surface area contributed by atoms with E-state index >= 15 is 0 Å². The summed E-state index contributed by atoms with van der Waals surface area (Å²) in [4.78, 5) is 23.1. The molecule has 1 amide bonds. The molecule has 7 heteroatoms. The maximum atomic E-state index is 12.2. The molecule has 0 aliphatic rings. The molecule has 0 spiro atoms. The van der Waals surface area contributed by atoms with Crippen LogP contribution in [0.3, 0.4) is 0 Å². The molecule has 0 radical (unpaired) electrons. The monoisotopic (exact) mass is 313 g/mol. The molecular formula is C14H19NO5S. The van der Waals surface area contributed by atoms with Gasteiger partial charge in [0.2, 0.25) is 5.75 Å². The fraction of sp³-hybridized carbons (Fsp3) is 0.429. The molecule has 0 aliphatic carbocycles. The third-order valence-corrected chi connectivity index (χ3v) is 3.11. The van der Waals surface area contributed by atoms with E-state index in [1.54, 1.807) is 0 Å². The SMILES string of the molecule is COc1cc(C(=O)NC(C=O)CCS)cc(OC)c1OC. The first-order valence-electron chi connectivity index (χ1n) is 6.28. The first-order valence-corrected chi connectivity index (χ1v) is 6.91. The molecular weight excluding hydrogens is 294 g/mol. The van der Waals surface area contributed by atoms with Crippen LogP contribution < -0.4 is 19.5 Å². The Bertz CT molecular complexity index is 481. The van der Waals surface area contributed by atoms with Crippen LogP contribution in [0.4, 0.5) is 0 Å². The summed E-state index contributed by atoms with van der Waals surface area (Å²) in [5.74, 6) is 1.25. The molecule has 1 aromatic carbocycles. The summed E-state index contributed by atoms with van der Waals surface area (Å²) in [6.45, 7) is 0. The second-order valence-corrected chi connectivity index (χ2v) is 4.59. The Morgan fingerprint density at radius 2 is 1.81 bits per heavy atom. The Hall–Kier alpha value is -1.89. The van der Waals surface area contributed by atoms with E-state index in [-0.39, 0.29) is 0 Å². The van der Waals surface area contributed by atoms with Gasteiger partial charge in [-0.05, 0) is 24.3 Å². The zero-order chi connectivity index (χ0) is 15.8. The van der Waals surface area contributed by atoms with Crippen LogP contribution in [0.1, 0.15) is 16.8 Å². The molecule has 116 valence electrons. The Balaban J connectivity index is 3.06. The number of carbonyl (C=O) groups is 2. The van der Waals surface area contributed by atoms with Gasteiger partial charge in [-0.2, -0.15) is 12.6 Å². The second kappa shape index (κ2) is 8.41. The number of nitrogens with one attached hydrogen (secondary N) is 1. The van der Waals surface area contributed by atoms with Crippen molar-refractivity contribution in [2.45, 2.75) is 12.5 Å². The molecule has 6 nitrogen and oxygen atoms in total. The summed E-state index contributed by atoms with van der Waals surface area (Å²) in [6, 6.07) is 2.48. The molecule has 1 rings (SSSR count). The molecule has 0 aromatic heterocycles. The molecule has 21 heavy (non-hydrogen) atoms. The van der Waals surface area contributed by atoms with Crippen LogP contribution in [0.2, 0.25) is 0 Å². The first-order chi connectivity index (χ1) is 10.1. The topological polar surface area (TPSA) is 73.9 Å². The van der Waals surface area contributed by atoms with Gasteiger partial charge < -0.3 is 24.3 Å². The minimum Gasteiger partial charge on any atom is -0.493 e. The highest BCUT2D eigenvalue weighted by atomic mass is 32.1. The fourth-order valence-corrected chi connectivity index (χ4v) is 2.06. The van der Waals surface area contributed by atoms with Crippen molar-refractivity contribution in [2.24, 2.45) is 0 Å². The van der Waals surface area contributed by atoms with E-state index in [1.807, 2.05) is 0 Å². The van der Waals surface area contributed by atoms with Crippen molar-refractivity contribution in [3.8, 4) is 17.2 Å². The normalized spacial score (nSPS) is 11.4. The van der Waals surface area contributed by atoms with Gasteiger partial charge in [-0.3, -0.25) is 4.79 Å². The Morgan fingerprint density at radius 1 is 1.24 bits per heavy atom. The molecule has 1 aromatic rings. The minimum atomic E-state index is -0.575. The van der Waals surface area contributed by atoms with Crippen molar-refractivity contribution in [2.75, 3.05) is 27.1 Å². The average Bonchev–Trinajstić information content (AvgIpc) is 2.52. The summed E-state index contributed by atoms with van der Waals surface area (Å²) in [6.07, 6.45) is 1.15. The average molecular weight is 313 g/mol. The van der Waals surface area contributed by atoms with Gasteiger partial charge in [-0.15, -0.1) is 0 Å². The Kier molecular flexibility index (Phi) is 6.87. The number of aldehydes is 1. The lowest BCUT2D eigenvalue weighted by Gasteiger charge is -2.15. The standard InChI is InChI=1S/C14H19NO5S/c1-18-11-6-9(7-12(19-2)13(11)20-3)14(17)15-10(8-16)4-5-21/h6-8,10,21H,4-5H2,1-3H3,(H,15,17). The highest BCUT2D eigenvalue weighted by Gasteiger charge is 2.18. The quantitative estimate of drug-likeness (QED) is 0.559. The van der Waals surface area contributed by atoms with Gasteiger partial charge >= 0.3 is 0 Å². The summed E-state index contributed by atoms with van der Waals surface area (Å²) in [7, 11) is 4.41. The van der Waals surface area contributed by atoms with Crippen LogP contribution in [0.15, 0.2) is 12.1 Å². The van der Waals surface area contributed by atoms with Crippen LogP contribution in [-0.4, -0.2) is 45.3 Å². The maximum Gasteiger partial charge on any atom is 0.252 e. The molecule has 0 heterocycles. The number of ether oxygens (including phenoxy) is 3. The van der Waals surface area contributed by atoms with E-state index in [0.29, 0.717) is 41.3 Å². The molecule has 1 N–H and O–H groups in total. The van der Waals surface area contributed by atoms with Crippen LogP contribution in [0, 0.1) is 0 Å². The molecule has 1 atom stereocenters. The third kappa shape index (κ3) is 4.29. The van der Waals surface area contributed by atoms with E-state index in [9.17, 15) is 9.59 Å². The van der Waals surface area contributed by atoms with Crippen LogP contribution in [-0.2, 0) is 4.79 Å². The van der Waals surface area contributed by atoms with Crippen molar-refractivity contribution in [1.29, 1.82) is 0 Å². The van der Waals surface area contributed by atoms with E-state index < -0.39 is 11.9 Å². The summed E-state index contributed by atoms with van der Waals surface area (Å²) in [5.41, 5.74) is 0.315. The zero-order valence-corrected chi connectivity index (χ0v) is 13.1. The summed E-state index contributed by atoms with van der Waals surface area (Å²) in [5, 5.41) is 2.62. The van der Waals surface area contributed by atoms with Gasteiger partial charge in [0.25, 0.3) is 5.91 Å². The zero-order valence-electron chi connectivity index (χ0n) is 12.2. The number of hydrogen-bond acceptors (Lipinski definition) is 6. The van der Waals surface area contributed by atoms with Crippen LogP contribution >= 0.6 is 12.6 Å². The fourth-order valence-electron chi connectivity index (χ4n) is 1.78. The Labute approximate surface area is 129 Å². The van der Waals surface area contributed by atoms with Gasteiger partial charge in [-0.25, -0.2) is 0 Å². The first kappa shape index (κ1) is 17.2. The number of amides is 1. The van der Waals surface area contributed by atoms with Gasteiger partial charge in [0.1, 0.15) is 6.29 Å². The van der Waals surface area contributed by atoms with Crippen molar-refractivity contribution >= 4 is 24.8 Å². The molecule has 0 saturated heterocycles. The molecule has 0 fully saturated rings. The lowest BCUT2D eigenvalue weighted by Crippen LogP contribution is -2.36. The number of rotatable bonds is 8. The predicted molar refractivity (Wildman–Crippen MR) is 81.9 cm³/mol. The minimum absolute atomic E-state index is 0.315. The molecule has 0 bridgehead atoms. The van der Waals surface area contributed by atoms with Crippen LogP contribution in [0.5, 0.6) is 17.2 Å². The van der Waals surface area contributed by atoms with Gasteiger partial charge in [0, 0.05) is 5.56 Å². The van der Waals surface area contributed by atoms with Crippen LogP contribution in [0.25, 0.3) is 0 Å². The largest absolute Gasteiger partial charge is 0.493 e. The number of carbonyl (C=O) groups excluding carboxylic acids is 2. The number of thiol groups is 1. The lowest BCUT2D eigenvalue weighted by atomic mass is 10.1. The lowest BCUT2D eigenvalue weighted by molar-refractivity contribution is -0.109. The smallest absolute Gasteiger partial charge is 0.252 e. The van der Waals surface area contributed by atoms with Gasteiger partial charge in [0.05, 0.1) is 27.4 Å². The van der Waals surface area contributed by atoms with E-state index in [0.717, 1.165) is 0 Å². The van der Waals surface area contributed by atoms with Crippen molar-refractivity contribution < 1.29 is 23.8 Å². The van der Waals surface area contributed by atoms with Crippen molar-refractivity contribution in [3.05, 3.63) is 17.7 Å². The van der Waals surface area contributed by atoms with Gasteiger partial charge in [-0.1, -0.05) is 0 Å². The third-order valence-electron chi connectivity index (χ3n) is 2.85. The Morgan fingerprint density at radius 3 is 2.19 bits per heavy atom. The highest BCUT2D eigenvalue weighted by molar-refractivity contribution is 7.80. The molecule has 0 saturated carbocycles. The van der Waals surface area contributed by atoms with E-state index in [2.05, 4.69) is 17.9 Å². The van der Waals surface area contributed by atoms with Crippen molar-refractivity contribution in [1.82, 2.24) is 5.32 Å². The number of methoxy groups -OCH3 is 3.